The number of thiophene rings is 1. The highest BCUT2D eigenvalue weighted by Gasteiger charge is 2.20. The SMILES string of the molecule is CN(C(=O)c1cc2sccc2n1Cc1ccccc1)c1ccccc1. The number of hydrogen-bond donors (Lipinski definition) is 0. The number of aromatic nitrogens is 1. The van der Waals surface area contributed by atoms with E-state index in [1.54, 1.807) is 16.2 Å². The van der Waals surface area contributed by atoms with E-state index in [0.29, 0.717) is 6.54 Å². The summed E-state index contributed by atoms with van der Waals surface area (Å²) in [7, 11) is 1.83. The van der Waals surface area contributed by atoms with E-state index in [9.17, 15) is 4.79 Å². The zero-order valence-electron chi connectivity index (χ0n) is 13.9. The maximum atomic E-state index is 13.1. The summed E-state index contributed by atoms with van der Waals surface area (Å²) in [5, 5.41) is 2.07. The van der Waals surface area contributed by atoms with Crippen molar-refractivity contribution >= 4 is 33.1 Å². The topological polar surface area (TPSA) is 25.2 Å². The first-order valence-electron chi connectivity index (χ1n) is 8.18. The van der Waals surface area contributed by atoms with Gasteiger partial charge in [0.2, 0.25) is 0 Å². The van der Waals surface area contributed by atoms with E-state index in [2.05, 4.69) is 28.1 Å². The summed E-state index contributed by atoms with van der Waals surface area (Å²) in [5.74, 6) is 0.00512. The molecular formula is C21H18N2OS. The van der Waals surface area contributed by atoms with Gasteiger partial charge in [-0.1, -0.05) is 48.5 Å². The van der Waals surface area contributed by atoms with Crippen molar-refractivity contribution in [3.8, 4) is 0 Å². The summed E-state index contributed by atoms with van der Waals surface area (Å²) in [6.45, 7) is 0.685. The first kappa shape index (κ1) is 15.7. The van der Waals surface area contributed by atoms with Crippen molar-refractivity contribution in [3.63, 3.8) is 0 Å². The lowest BCUT2D eigenvalue weighted by molar-refractivity contribution is 0.0985. The van der Waals surface area contributed by atoms with Gasteiger partial charge in [-0.25, -0.2) is 0 Å². The summed E-state index contributed by atoms with van der Waals surface area (Å²) in [6, 6.07) is 24.1. The van der Waals surface area contributed by atoms with Crippen LogP contribution in [0.2, 0.25) is 0 Å². The van der Waals surface area contributed by atoms with Crippen LogP contribution >= 0.6 is 11.3 Å². The predicted octanol–water partition coefficient (Wildman–Crippen LogP) is 5.03. The molecule has 0 N–H and O–H groups in total. The number of carbonyl (C=O) groups is 1. The number of fused-ring (bicyclic) bond motifs is 1. The average molecular weight is 346 g/mol. The van der Waals surface area contributed by atoms with Gasteiger partial charge in [0.25, 0.3) is 5.91 Å². The fourth-order valence-corrected chi connectivity index (χ4v) is 3.85. The lowest BCUT2D eigenvalue weighted by atomic mass is 10.2. The van der Waals surface area contributed by atoms with Gasteiger partial charge in [-0.15, -0.1) is 11.3 Å². The zero-order valence-corrected chi connectivity index (χ0v) is 14.7. The van der Waals surface area contributed by atoms with Gasteiger partial charge in [-0.05, 0) is 35.2 Å². The molecule has 2 aromatic heterocycles. The molecule has 0 bridgehead atoms. The Morgan fingerprint density at radius 2 is 1.68 bits per heavy atom. The van der Waals surface area contributed by atoms with Gasteiger partial charge >= 0.3 is 0 Å². The molecule has 25 heavy (non-hydrogen) atoms. The molecule has 2 aromatic carbocycles. The van der Waals surface area contributed by atoms with Gasteiger partial charge in [0.05, 0.1) is 10.2 Å². The lowest BCUT2D eigenvalue weighted by Crippen LogP contribution is -2.28. The van der Waals surface area contributed by atoms with Gasteiger partial charge in [0, 0.05) is 19.3 Å². The summed E-state index contributed by atoms with van der Waals surface area (Å²) in [6.07, 6.45) is 0. The van der Waals surface area contributed by atoms with Crippen molar-refractivity contribution < 1.29 is 4.79 Å². The number of para-hydroxylation sites is 1. The first-order chi connectivity index (χ1) is 12.2. The number of hydrogen-bond acceptors (Lipinski definition) is 2. The molecule has 0 aliphatic heterocycles. The van der Waals surface area contributed by atoms with Crippen molar-refractivity contribution in [2.45, 2.75) is 6.54 Å². The molecule has 0 atom stereocenters. The molecule has 0 saturated heterocycles. The van der Waals surface area contributed by atoms with Crippen molar-refractivity contribution in [1.29, 1.82) is 0 Å². The molecule has 1 amide bonds. The molecule has 4 aromatic rings. The minimum atomic E-state index is 0.00512. The van der Waals surface area contributed by atoms with E-state index in [0.717, 1.165) is 21.6 Å². The predicted molar refractivity (Wildman–Crippen MR) is 105 cm³/mol. The van der Waals surface area contributed by atoms with E-state index in [1.807, 2.05) is 61.6 Å². The summed E-state index contributed by atoms with van der Waals surface area (Å²) < 4.78 is 3.25. The lowest BCUT2D eigenvalue weighted by Gasteiger charge is -2.19. The fraction of sp³-hybridized carbons (Fsp3) is 0.0952. The standard InChI is InChI=1S/C21H18N2OS/c1-22(17-10-6-3-7-11-17)21(24)19-14-20-18(12-13-25-20)23(19)15-16-8-4-2-5-9-16/h2-14H,15H2,1H3. The van der Waals surface area contributed by atoms with Gasteiger partial charge < -0.3 is 9.47 Å². The Balaban J connectivity index is 1.75. The molecule has 124 valence electrons. The largest absolute Gasteiger partial charge is 0.331 e. The van der Waals surface area contributed by atoms with Crippen LogP contribution in [0, 0.1) is 0 Å². The molecule has 3 nitrogen and oxygen atoms in total. The molecule has 0 aliphatic rings. The Kier molecular flexibility index (Phi) is 4.12. The van der Waals surface area contributed by atoms with Crippen LogP contribution in [-0.2, 0) is 6.54 Å². The Morgan fingerprint density at radius 1 is 1.00 bits per heavy atom. The zero-order chi connectivity index (χ0) is 17.2. The maximum absolute atomic E-state index is 13.1. The van der Waals surface area contributed by atoms with E-state index < -0.39 is 0 Å². The second kappa shape index (κ2) is 6.57. The Labute approximate surface area is 150 Å². The Bertz CT molecular complexity index is 1000. The summed E-state index contributed by atoms with van der Waals surface area (Å²) in [5.41, 5.74) is 3.90. The van der Waals surface area contributed by atoms with Gasteiger partial charge in [0.1, 0.15) is 5.69 Å². The maximum Gasteiger partial charge on any atom is 0.274 e. The number of nitrogens with zero attached hydrogens (tertiary/aromatic N) is 2. The van der Waals surface area contributed by atoms with Crippen LogP contribution < -0.4 is 4.90 Å². The minimum absolute atomic E-state index is 0.00512. The van der Waals surface area contributed by atoms with Gasteiger partial charge in [0.15, 0.2) is 0 Å². The van der Waals surface area contributed by atoms with Crippen LogP contribution in [0.4, 0.5) is 5.69 Å². The van der Waals surface area contributed by atoms with Crippen LogP contribution in [0.3, 0.4) is 0 Å². The van der Waals surface area contributed by atoms with Crippen molar-refractivity contribution in [2.75, 3.05) is 11.9 Å². The third kappa shape index (κ3) is 2.96. The molecular weight excluding hydrogens is 328 g/mol. The van der Waals surface area contributed by atoms with Crippen molar-refractivity contribution in [1.82, 2.24) is 4.57 Å². The molecule has 0 fully saturated rings. The number of benzene rings is 2. The van der Waals surface area contributed by atoms with Crippen molar-refractivity contribution in [2.24, 2.45) is 0 Å². The molecule has 0 saturated carbocycles. The third-order valence-corrected chi connectivity index (χ3v) is 5.23. The highest BCUT2D eigenvalue weighted by Crippen LogP contribution is 2.28. The Morgan fingerprint density at radius 3 is 2.40 bits per heavy atom. The molecule has 0 unspecified atom stereocenters. The quantitative estimate of drug-likeness (QED) is 0.509. The monoisotopic (exact) mass is 346 g/mol. The van der Waals surface area contributed by atoms with Crippen LogP contribution in [0.1, 0.15) is 16.1 Å². The van der Waals surface area contributed by atoms with Crippen LogP contribution in [0.25, 0.3) is 10.2 Å². The van der Waals surface area contributed by atoms with E-state index >= 15 is 0 Å². The third-order valence-electron chi connectivity index (χ3n) is 4.37. The van der Waals surface area contributed by atoms with Gasteiger partial charge in [-0.2, -0.15) is 0 Å². The second-order valence-electron chi connectivity index (χ2n) is 5.97. The highest BCUT2D eigenvalue weighted by atomic mass is 32.1. The molecule has 0 spiro atoms. The number of anilines is 1. The smallest absolute Gasteiger partial charge is 0.274 e. The molecule has 2 heterocycles. The second-order valence-corrected chi connectivity index (χ2v) is 6.92. The average Bonchev–Trinajstić information content (AvgIpc) is 3.25. The van der Waals surface area contributed by atoms with E-state index in [4.69, 9.17) is 0 Å². The fourth-order valence-electron chi connectivity index (χ4n) is 3.03. The summed E-state index contributed by atoms with van der Waals surface area (Å²) in [4.78, 5) is 14.8. The van der Waals surface area contributed by atoms with Crippen LogP contribution in [0.5, 0.6) is 0 Å². The number of amides is 1. The molecule has 4 rings (SSSR count). The van der Waals surface area contributed by atoms with E-state index in [1.165, 1.54) is 5.56 Å². The van der Waals surface area contributed by atoms with Crippen molar-refractivity contribution in [3.05, 3.63) is 89.4 Å². The summed E-state index contributed by atoms with van der Waals surface area (Å²) >= 11 is 1.67. The number of rotatable bonds is 4. The molecule has 4 heteroatoms. The van der Waals surface area contributed by atoms with E-state index in [-0.39, 0.29) is 5.91 Å². The first-order valence-corrected chi connectivity index (χ1v) is 9.06. The van der Waals surface area contributed by atoms with Crippen LogP contribution in [0.15, 0.2) is 78.2 Å². The minimum Gasteiger partial charge on any atom is -0.331 e. The van der Waals surface area contributed by atoms with Crippen LogP contribution in [-0.4, -0.2) is 17.5 Å². The number of carbonyl (C=O) groups excluding carboxylic acids is 1. The molecule has 0 radical (unpaired) electrons. The highest BCUT2D eigenvalue weighted by molar-refractivity contribution is 7.17. The Hall–Kier alpha value is -2.85. The van der Waals surface area contributed by atoms with Gasteiger partial charge in [-0.3, -0.25) is 4.79 Å². The normalized spacial score (nSPS) is 10.9. The molecule has 0 aliphatic carbocycles.